The number of para-hydroxylation sites is 1. The zero-order chi connectivity index (χ0) is 19.9. The molecule has 0 fully saturated rings. The lowest BCUT2D eigenvalue weighted by Crippen LogP contribution is -2.32. The summed E-state index contributed by atoms with van der Waals surface area (Å²) >= 11 is 0. The molecule has 1 aliphatic rings. The van der Waals surface area contributed by atoms with Crippen LogP contribution in [0.5, 0.6) is 5.75 Å². The van der Waals surface area contributed by atoms with Crippen molar-refractivity contribution in [2.24, 2.45) is 0 Å². The Morgan fingerprint density at radius 1 is 1.07 bits per heavy atom. The molecule has 0 aliphatic heterocycles. The topological polar surface area (TPSA) is 67.4 Å². The third kappa shape index (κ3) is 4.71. The monoisotopic (exact) mass is 380 g/mol. The van der Waals surface area contributed by atoms with E-state index in [-0.39, 0.29) is 11.8 Å². The standard InChI is InChI=1S/C23H28N2O3/c1-3-15-24-23(27)19-12-6-7-13-20(19)25-22(26)16(2)28-21-14-8-10-17-9-4-5-11-18(17)21/h6-8,10,12-14,16H,3-5,9,11,15H2,1-2H3,(H,24,27)(H,25,26)/t16-/m1/s1. The molecular weight excluding hydrogens is 352 g/mol. The second-order valence-corrected chi connectivity index (χ2v) is 7.15. The smallest absolute Gasteiger partial charge is 0.265 e. The van der Waals surface area contributed by atoms with Crippen LogP contribution in [0.15, 0.2) is 42.5 Å². The number of hydrogen-bond acceptors (Lipinski definition) is 3. The van der Waals surface area contributed by atoms with Gasteiger partial charge in [-0.2, -0.15) is 0 Å². The number of ether oxygens (including phenoxy) is 1. The van der Waals surface area contributed by atoms with Crippen LogP contribution < -0.4 is 15.4 Å². The van der Waals surface area contributed by atoms with Crippen molar-refractivity contribution < 1.29 is 14.3 Å². The average Bonchev–Trinajstić information content (AvgIpc) is 2.72. The van der Waals surface area contributed by atoms with Crippen LogP contribution in [0.4, 0.5) is 5.69 Å². The predicted molar refractivity (Wildman–Crippen MR) is 111 cm³/mol. The first-order chi connectivity index (χ1) is 13.6. The second-order valence-electron chi connectivity index (χ2n) is 7.15. The minimum absolute atomic E-state index is 0.191. The number of carbonyl (C=O) groups is 2. The van der Waals surface area contributed by atoms with Crippen molar-refractivity contribution in [3.05, 3.63) is 59.2 Å². The minimum Gasteiger partial charge on any atom is -0.481 e. The van der Waals surface area contributed by atoms with Gasteiger partial charge < -0.3 is 15.4 Å². The van der Waals surface area contributed by atoms with Gasteiger partial charge in [0.15, 0.2) is 6.10 Å². The van der Waals surface area contributed by atoms with Gasteiger partial charge in [0.25, 0.3) is 11.8 Å². The SMILES string of the molecule is CCCNC(=O)c1ccccc1NC(=O)[C@@H](C)Oc1cccc2c1CCCC2. The van der Waals surface area contributed by atoms with Crippen molar-refractivity contribution >= 4 is 17.5 Å². The van der Waals surface area contributed by atoms with E-state index >= 15 is 0 Å². The van der Waals surface area contributed by atoms with Gasteiger partial charge in [0.2, 0.25) is 0 Å². The normalized spacial score (nSPS) is 13.9. The van der Waals surface area contributed by atoms with Crippen LogP contribution in [0.1, 0.15) is 54.6 Å². The first-order valence-electron chi connectivity index (χ1n) is 10.1. The van der Waals surface area contributed by atoms with Crippen molar-refractivity contribution in [3.63, 3.8) is 0 Å². The van der Waals surface area contributed by atoms with Crippen LogP contribution >= 0.6 is 0 Å². The summed E-state index contributed by atoms with van der Waals surface area (Å²) in [7, 11) is 0. The molecule has 0 saturated heterocycles. The lowest BCUT2D eigenvalue weighted by Gasteiger charge is -2.22. The molecule has 2 aromatic rings. The number of benzene rings is 2. The first-order valence-corrected chi connectivity index (χ1v) is 10.1. The summed E-state index contributed by atoms with van der Waals surface area (Å²) in [4.78, 5) is 25.0. The molecule has 0 radical (unpaired) electrons. The van der Waals surface area contributed by atoms with Crippen molar-refractivity contribution in [2.75, 3.05) is 11.9 Å². The van der Waals surface area contributed by atoms with Gasteiger partial charge in [0.05, 0.1) is 11.3 Å². The number of rotatable bonds is 7. The number of fused-ring (bicyclic) bond motifs is 1. The molecule has 0 aromatic heterocycles. The second kappa shape index (κ2) is 9.40. The van der Waals surface area contributed by atoms with E-state index in [9.17, 15) is 9.59 Å². The number of hydrogen-bond donors (Lipinski definition) is 2. The first kappa shape index (κ1) is 19.9. The van der Waals surface area contributed by atoms with Crippen molar-refractivity contribution in [1.82, 2.24) is 5.32 Å². The van der Waals surface area contributed by atoms with Gasteiger partial charge in [-0.3, -0.25) is 9.59 Å². The van der Waals surface area contributed by atoms with Gasteiger partial charge in [-0.05, 0) is 68.4 Å². The summed E-state index contributed by atoms with van der Waals surface area (Å²) in [6.45, 7) is 4.33. The maximum atomic E-state index is 12.7. The molecule has 0 unspecified atom stereocenters. The highest BCUT2D eigenvalue weighted by Crippen LogP contribution is 2.30. The molecule has 1 aliphatic carbocycles. The highest BCUT2D eigenvalue weighted by Gasteiger charge is 2.21. The molecule has 3 rings (SSSR count). The van der Waals surface area contributed by atoms with E-state index in [0.29, 0.717) is 17.8 Å². The maximum absolute atomic E-state index is 12.7. The highest BCUT2D eigenvalue weighted by atomic mass is 16.5. The van der Waals surface area contributed by atoms with E-state index in [1.165, 1.54) is 17.5 Å². The summed E-state index contributed by atoms with van der Waals surface area (Å²) in [6, 6.07) is 13.1. The lowest BCUT2D eigenvalue weighted by molar-refractivity contribution is -0.122. The van der Waals surface area contributed by atoms with Crippen LogP contribution in [-0.4, -0.2) is 24.5 Å². The van der Waals surface area contributed by atoms with Crippen LogP contribution in [0.25, 0.3) is 0 Å². The van der Waals surface area contributed by atoms with Gasteiger partial charge in [0.1, 0.15) is 5.75 Å². The van der Waals surface area contributed by atoms with E-state index < -0.39 is 6.10 Å². The van der Waals surface area contributed by atoms with Gasteiger partial charge in [0, 0.05) is 6.54 Å². The fraction of sp³-hybridized carbons (Fsp3) is 0.391. The molecule has 2 amide bonds. The van der Waals surface area contributed by atoms with E-state index in [4.69, 9.17) is 4.74 Å². The average molecular weight is 380 g/mol. The zero-order valence-corrected chi connectivity index (χ0v) is 16.6. The fourth-order valence-electron chi connectivity index (χ4n) is 3.46. The van der Waals surface area contributed by atoms with Crippen LogP contribution in [-0.2, 0) is 17.6 Å². The number of nitrogens with one attached hydrogen (secondary N) is 2. The van der Waals surface area contributed by atoms with E-state index in [0.717, 1.165) is 31.4 Å². The van der Waals surface area contributed by atoms with E-state index in [1.807, 2.05) is 19.1 Å². The minimum atomic E-state index is -0.666. The summed E-state index contributed by atoms with van der Waals surface area (Å²) < 4.78 is 6.00. The molecule has 2 aromatic carbocycles. The number of carbonyl (C=O) groups excluding carboxylic acids is 2. The third-order valence-corrected chi connectivity index (χ3v) is 4.99. The molecule has 1 atom stereocenters. The van der Waals surface area contributed by atoms with Crippen LogP contribution in [0, 0.1) is 0 Å². The number of amides is 2. The van der Waals surface area contributed by atoms with Gasteiger partial charge in [-0.15, -0.1) is 0 Å². The Hall–Kier alpha value is -2.82. The maximum Gasteiger partial charge on any atom is 0.265 e. The molecule has 148 valence electrons. The van der Waals surface area contributed by atoms with Crippen molar-refractivity contribution in [2.45, 2.75) is 52.1 Å². The summed E-state index contributed by atoms with van der Waals surface area (Å²) in [5.74, 6) is 0.321. The Kier molecular flexibility index (Phi) is 6.69. The summed E-state index contributed by atoms with van der Waals surface area (Å²) in [6.07, 6.45) is 4.58. The van der Waals surface area contributed by atoms with E-state index in [1.54, 1.807) is 31.2 Å². The molecule has 28 heavy (non-hydrogen) atoms. The molecular formula is C23H28N2O3. The Labute approximate surface area is 166 Å². The Morgan fingerprint density at radius 3 is 2.68 bits per heavy atom. The molecule has 0 spiro atoms. The molecule has 5 nitrogen and oxygen atoms in total. The van der Waals surface area contributed by atoms with Crippen molar-refractivity contribution in [1.29, 1.82) is 0 Å². The molecule has 5 heteroatoms. The van der Waals surface area contributed by atoms with Crippen LogP contribution in [0.2, 0.25) is 0 Å². The largest absolute Gasteiger partial charge is 0.481 e. The lowest BCUT2D eigenvalue weighted by atomic mass is 9.91. The van der Waals surface area contributed by atoms with Gasteiger partial charge >= 0.3 is 0 Å². The van der Waals surface area contributed by atoms with Gasteiger partial charge in [-0.25, -0.2) is 0 Å². The zero-order valence-electron chi connectivity index (χ0n) is 16.6. The van der Waals surface area contributed by atoms with Gasteiger partial charge in [-0.1, -0.05) is 31.2 Å². The Bertz CT molecular complexity index is 847. The molecule has 0 heterocycles. The Morgan fingerprint density at radius 2 is 1.86 bits per heavy atom. The highest BCUT2D eigenvalue weighted by molar-refractivity contribution is 6.04. The summed E-state index contributed by atoms with van der Waals surface area (Å²) in [5.41, 5.74) is 3.47. The predicted octanol–water partition coefficient (Wildman–Crippen LogP) is 4.11. The molecule has 0 bridgehead atoms. The number of anilines is 1. The molecule has 2 N–H and O–H groups in total. The Balaban J connectivity index is 1.70. The van der Waals surface area contributed by atoms with Crippen LogP contribution in [0.3, 0.4) is 0 Å². The molecule has 0 saturated carbocycles. The quantitative estimate of drug-likeness (QED) is 0.760. The van der Waals surface area contributed by atoms with E-state index in [2.05, 4.69) is 16.7 Å². The van der Waals surface area contributed by atoms with Crippen molar-refractivity contribution in [3.8, 4) is 5.75 Å². The third-order valence-electron chi connectivity index (χ3n) is 4.99. The summed E-state index contributed by atoms with van der Waals surface area (Å²) in [5, 5.41) is 5.69. The fourth-order valence-corrected chi connectivity index (χ4v) is 3.46. The number of aryl methyl sites for hydroxylation is 1.